The average molecular weight is 239 g/mol. The molecule has 0 spiro atoms. The Bertz CT molecular complexity index is 310. The van der Waals surface area contributed by atoms with Gasteiger partial charge in [0.1, 0.15) is 5.82 Å². The lowest BCUT2D eigenvalue weighted by Gasteiger charge is -2.30. The van der Waals surface area contributed by atoms with E-state index in [1.165, 1.54) is 0 Å². The van der Waals surface area contributed by atoms with Gasteiger partial charge in [-0.2, -0.15) is 0 Å². The van der Waals surface area contributed by atoms with Crippen LogP contribution in [0.25, 0.3) is 0 Å². The molecule has 0 aliphatic carbocycles. The summed E-state index contributed by atoms with van der Waals surface area (Å²) in [5, 5.41) is 11.3. The summed E-state index contributed by atoms with van der Waals surface area (Å²) in [5.41, 5.74) is 0. The van der Waals surface area contributed by atoms with Crippen molar-refractivity contribution in [3.8, 4) is 0 Å². The molecule has 0 bridgehead atoms. The van der Waals surface area contributed by atoms with Crippen LogP contribution in [-0.2, 0) is 6.54 Å². The van der Waals surface area contributed by atoms with E-state index in [4.69, 9.17) is 0 Å². The minimum Gasteiger partial charge on any atom is -0.368 e. The molecule has 1 aromatic heterocycles. The number of aryl methyl sites for hydroxylation is 1. The molecule has 1 heterocycles. The molecular formula is C12H25N5. The third-order valence-corrected chi connectivity index (χ3v) is 2.92. The van der Waals surface area contributed by atoms with Gasteiger partial charge in [0.15, 0.2) is 0 Å². The molecule has 1 aromatic rings. The van der Waals surface area contributed by atoms with Crippen LogP contribution < -0.4 is 5.32 Å². The monoisotopic (exact) mass is 239 g/mol. The number of nitrogens with one attached hydrogen (secondary N) is 1. The summed E-state index contributed by atoms with van der Waals surface area (Å²) in [6.07, 6.45) is 1.78. The molecule has 5 nitrogen and oxygen atoms in total. The second-order valence-electron chi connectivity index (χ2n) is 4.79. The summed E-state index contributed by atoms with van der Waals surface area (Å²) in [4.78, 5) is 2.47. The van der Waals surface area contributed by atoms with Crippen molar-refractivity contribution in [3.63, 3.8) is 0 Å². The molecule has 0 saturated heterocycles. The first-order valence-corrected chi connectivity index (χ1v) is 6.44. The molecule has 0 radical (unpaired) electrons. The van der Waals surface area contributed by atoms with Gasteiger partial charge in [-0.15, -0.1) is 5.10 Å². The predicted octanol–water partition coefficient (Wildman–Crippen LogP) is 1.83. The lowest BCUT2D eigenvalue weighted by molar-refractivity contribution is 0.182. The molecule has 0 fully saturated rings. The summed E-state index contributed by atoms with van der Waals surface area (Å²) < 4.78 is 1.87. The van der Waals surface area contributed by atoms with E-state index in [1.807, 2.05) is 4.68 Å². The van der Waals surface area contributed by atoms with E-state index >= 15 is 0 Å². The van der Waals surface area contributed by atoms with Crippen LogP contribution in [0.3, 0.4) is 0 Å². The Morgan fingerprint density at radius 3 is 2.47 bits per heavy atom. The Labute approximate surface area is 104 Å². The maximum absolute atomic E-state index is 3.99. The first kappa shape index (κ1) is 14.0. The van der Waals surface area contributed by atoms with Gasteiger partial charge < -0.3 is 5.32 Å². The first-order valence-electron chi connectivity index (χ1n) is 6.44. The second-order valence-corrected chi connectivity index (χ2v) is 4.79. The fourth-order valence-corrected chi connectivity index (χ4v) is 2.05. The fourth-order valence-electron chi connectivity index (χ4n) is 2.05. The standard InChI is InChI=1S/C12H25N5/c1-6-17-12(9-14-15-17)13-7-8-16(10(2)3)11(4)5/h9-11,13H,6-8H2,1-5H3. The van der Waals surface area contributed by atoms with Gasteiger partial charge in [-0.3, -0.25) is 4.90 Å². The van der Waals surface area contributed by atoms with Crippen LogP contribution in [0.1, 0.15) is 34.6 Å². The molecular weight excluding hydrogens is 214 g/mol. The topological polar surface area (TPSA) is 46.0 Å². The van der Waals surface area contributed by atoms with E-state index in [9.17, 15) is 0 Å². The van der Waals surface area contributed by atoms with Crippen molar-refractivity contribution >= 4 is 5.82 Å². The van der Waals surface area contributed by atoms with Crippen LogP contribution in [0.4, 0.5) is 5.82 Å². The van der Waals surface area contributed by atoms with E-state index in [0.717, 1.165) is 25.5 Å². The van der Waals surface area contributed by atoms with E-state index in [2.05, 4.69) is 55.1 Å². The Morgan fingerprint density at radius 2 is 1.94 bits per heavy atom. The highest BCUT2D eigenvalue weighted by atomic mass is 15.4. The van der Waals surface area contributed by atoms with Crippen LogP contribution in [0.5, 0.6) is 0 Å². The Kier molecular flexibility index (Phi) is 5.41. The highest BCUT2D eigenvalue weighted by Crippen LogP contribution is 2.06. The summed E-state index contributed by atoms with van der Waals surface area (Å²) in [5.74, 6) is 1.000. The molecule has 0 saturated carbocycles. The van der Waals surface area contributed by atoms with Crippen molar-refractivity contribution in [3.05, 3.63) is 6.20 Å². The molecule has 0 aliphatic rings. The quantitative estimate of drug-likeness (QED) is 0.788. The first-order chi connectivity index (χ1) is 8.06. The average Bonchev–Trinajstić information content (AvgIpc) is 2.70. The normalized spacial score (nSPS) is 11.8. The number of anilines is 1. The molecule has 98 valence electrons. The maximum atomic E-state index is 3.99. The van der Waals surface area contributed by atoms with Crippen molar-refractivity contribution in [1.29, 1.82) is 0 Å². The predicted molar refractivity (Wildman–Crippen MR) is 71.2 cm³/mol. The van der Waals surface area contributed by atoms with Crippen molar-refractivity contribution in [1.82, 2.24) is 19.9 Å². The van der Waals surface area contributed by atoms with Gasteiger partial charge in [-0.1, -0.05) is 5.21 Å². The zero-order chi connectivity index (χ0) is 12.8. The molecule has 1 rings (SSSR count). The van der Waals surface area contributed by atoms with Crippen LogP contribution in [0.2, 0.25) is 0 Å². The Morgan fingerprint density at radius 1 is 1.29 bits per heavy atom. The van der Waals surface area contributed by atoms with Crippen molar-refractivity contribution in [2.45, 2.75) is 53.2 Å². The zero-order valence-corrected chi connectivity index (χ0v) is 11.6. The number of hydrogen-bond donors (Lipinski definition) is 1. The molecule has 0 amide bonds. The van der Waals surface area contributed by atoms with Gasteiger partial charge in [0, 0.05) is 31.7 Å². The van der Waals surface area contributed by atoms with Crippen LogP contribution in [-0.4, -0.2) is 45.1 Å². The smallest absolute Gasteiger partial charge is 0.144 e. The van der Waals surface area contributed by atoms with Crippen LogP contribution in [0.15, 0.2) is 6.20 Å². The Hall–Kier alpha value is -1.10. The second kappa shape index (κ2) is 6.59. The number of rotatable bonds is 7. The van der Waals surface area contributed by atoms with Crippen molar-refractivity contribution in [2.75, 3.05) is 18.4 Å². The number of hydrogen-bond acceptors (Lipinski definition) is 4. The molecule has 0 atom stereocenters. The molecule has 5 heteroatoms. The minimum absolute atomic E-state index is 0.575. The molecule has 0 aromatic carbocycles. The Balaban J connectivity index is 2.41. The number of nitrogens with zero attached hydrogens (tertiary/aromatic N) is 4. The number of aromatic nitrogens is 3. The van der Waals surface area contributed by atoms with Crippen molar-refractivity contribution < 1.29 is 0 Å². The lowest BCUT2D eigenvalue weighted by Crippen LogP contribution is -2.40. The third kappa shape index (κ3) is 4.00. The van der Waals surface area contributed by atoms with Gasteiger partial charge in [-0.25, -0.2) is 4.68 Å². The summed E-state index contributed by atoms with van der Waals surface area (Å²) in [6, 6.07) is 1.15. The zero-order valence-electron chi connectivity index (χ0n) is 11.6. The van der Waals surface area contributed by atoms with Gasteiger partial charge in [0.2, 0.25) is 0 Å². The van der Waals surface area contributed by atoms with E-state index in [-0.39, 0.29) is 0 Å². The third-order valence-electron chi connectivity index (χ3n) is 2.92. The summed E-state index contributed by atoms with van der Waals surface area (Å²) in [7, 11) is 0. The maximum Gasteiger partial charge on any atom is 0.144 e. The molecule has 0 aliphatic heterocycles. The van der Waals surface area contributed by atoms with E-state index in [0.29, 0.717) is 12.1 Å². The van der Waals surface area contributed by atoms with Crippen molar-refractivity contribution in [2.24, 2.45) is 0 Å². The lowest BCUT2D eigenvalue weighted by atomic mass is 10.2. The molecule has 17 heavy (non-hydrogen) atoms. The van der Waals surface area contributed by atoms with Crippen LogP contribution >= 0.6 is 0 Å². The summed E-state index contributed by atoms with van der Waals surface area (Å²) >= 11 is 0. The fraction of sp³-hybridized carbons (Fsp3) is 0.833. The van der Waals surface area contributed by atoms with Gasteiger partial charge in [0.25, 0.3) is 0 Å². The van der Waals surface area contributed by atoms with Gasteiger partial charge in [-0.05, 0) is 34.6 Å². The molecule has 1 N–H and O–H groups in total. The van der Waals surface area contributed by atoms with E-state index < -0.39 is 0 Å². The van der Waals surface area contributed by atoms with Crippen LogP contribution in [0, 0.1) is 0 Å². The summed E-state index contributed by atoms with van der Waals surface area (Å²) in [6.45, 7) is 13.8. The highest BCUT2D eigenvalue weighted by Gasteiger charge is 2.12. The highest BCUT2D eigenvalue weighted by molar-refractivity contribution is 5.30. The minimum atomic E-state index is 0.575. The SMILES string of the molecule is CCn1nncc1NCCN(C(C)C)C(C)C. The largest absolute Gasteiger partial charge is 0.368 e. The van der Waals surface area contributed by atoms with Gasteiger partial charge in [0.05, 0.1) is 6.20 Å². The van der Waals surface area contributed by atoms with E-state index in [1.54, 1.807) is 6.20 Å². The van der Waals surface area contributed by atoms with Gasteiger partial charge >= 0.3 is 0 Å². The molecule has 0 unspecified atom stereocenters.